The third-order valence-corrected chi connectivity index (χ3v) is 4.57. The summed E-state index contributed by atoms with van der Waals surface area (Å²) in [5.74, 6) is -0.168. The van der Waals surface area contributed by atoms with Crippen molar-refractivity contribution < 1.29 is 4.79 Å². The molecule has 3 rings (SSSR count). The van der Waals surface area contributed by atoms with Crippen LogP contribution in [0.4, 0.5) is 5.69 Å². The lowest BCUT2D eigenvalue weighted by Crippen LogP contribution is -2.11. The van der Waals surface area contributed by atoms with E-state index in [2.05, 4.69) is 32.9 Å². The molecule has 2 aromatic carbocycles. The maximum Gasteiger partial charge on any atom is 0.255 e. The summed E-state index contributed by atoms with van der Waals surface area (Å²) in [6.45, 7) is 0. The average molecular weight is 397 g/mol. The Kier molecular flexibility index (Phi) is 3.67. The Bertz CT molecular complexity index is 797. The smallest absolute Gasteiger partial charge is 0.255 e. The van der Waals surface area contributed by atoms with Crippen LogP contribution in [0.5, 0.6) is 0 Å². The van der Waals surface area contributed by atoms with Gasteiger partial charge in [-0.05, 0) is 65.1 Å². The molecule has 0 fully saturated rings. The first-order valence-electron chi connectivity index (χ1n) is 5.97. The van der Waals surface area contributed by atoms with Crippen molar-refractivity contribution in [2.24, 2.45) is 0 Å². The van der Waals surface area contributed by atoms with Crippen LogP contribution < -0.4 is 5.32 Å². The quantitative estimate of drug-likeness (QED) is 0.607. The van der Waals surface area contributed by atoms with E-state index in [1.54, 1.807) is 12.1 Å². The SMILES string of the molecule is O=C(Nc1ccc2[nH]ccc2c1)c1ccc(I)c(Cl)c1. The molecule has 100 valence electrons. The van der Waals surface area contributed by atoms with Gasteiger partial charge < -0.3 is 10.3 Å². The number of amides is 1. The number of aromatic nitrogens is 1. The first-order valence-corrected chi connectivity index (χ1v) is 7.43. The monoisotopic (exact) mass is 396 g/mol. The third-order valence-electron chi connectivity index (χ3n) is 2.99. The molecule has 0 radical (unpaired) electrons. The number of benzene rings is 2. The third kappa shape index (κ3) is 2.66. The fourth-order valence-corrected chi connectivity index (χ4v) is 2.49. The van der Waals surface area contributed by atoms with Gasteiger partial charge in [0.2, 0.25) is 0 Å². The minimum absolute atomic E-state index is 0.168. The van der Waals surface area contributed by atoms with Gasteiger partial charge in [-0.15, -0.1) is 0 Å². The fourth-order valence-electron chi connectivity index (χ4n) is 1.97. The predicted molar refractivity (Wildman–Crippen MR) is 90.4 cm³/mol. The zero-order valence-electron chi connectivity index (χ0n) is 10.3. The van der Waals surface area contributed by atoms with Gasteiger partial charge in [-0.3, -0.25) is 4.79 Å². The molecule has 0 unspecified atom stereocenters. The minimum atomic E-state index is -0.168. The number of nitrogens with one attached hydrogen (secondary N) is 2. The fraction of sp³-hybridized carbons (Fsp3) is 0. The van der Waals surface area contributed by atoms with E-state index in [-0.39, 0.29) is 5.91 Å². The highest BCUT2D eigenvalue weighted by Gasteiger charge is 2.08. The van der Waals surface area contributed by atoms with E-state index in [9.17, 15) is 4.79 Å². The molecule has 0 aliphatic heterocycles. The van der Waals surface area contributed by atoms with Crippen molar-refractivity contribution in [3.05, 3.63) is 62.8 Å². The van der Waals surface area contributed by atoms with Crippen LogP contribution in [0, 0.1) is 3.57 Å². The second-order valence-electron chi connectivity index (χ2n) is 4.36. The lowest BCUT2D eigenvalue weighted by atomic mass is 10.2. The van der Waals surface area contributed by atoms with Crippen LogP contribution in [0.2, 0.25) is 5.02 Å². The molecule has 1 amide bonds. The summed E-state index contributed by atoms with van der Waals surface area (Å²) in [7, 11) is 0. The van der Waals surface area contributed by atoms with E-state index in [1.165, 1.54) is 0 Å². The summed E-state index contributed by atoms with van der Waals surface area (Å²) >= 11 is 8.16. The van der Waals surface area contributed by atoms with Gasteiger partial charge in [0.05, 0.1) is 5.02 Å². The van der Waals surface area contributed by atoms with Gasteiger partial charge in [0, 0.05) is 31.9 Å². The number of hydrogen-bond acceptors (Lipinski definition) is 1. The first kappa shape index (κ1) is 13.5. The van der Waals surface area contributed by atoms with Crippen molar-refractivity contribution >= 4 is 56.7 Å². The molecule has 3 aromatic rings. The van der Waals surface area contributed by atoms with Crippen molar-refractivity contribution in [1.29, 1.82) is 0 Å². The van der Waals surface area contributed by atoms with Crippen LogP contribution in [-0.2, 0) is 0 Å². The number of fused-ring (bicyclic) bond motifs is 1. The van der Waals surface area contributed by atoms with Crippen LogP contribution in [0.1, 0.15) is 10.4 Å². The molecular formula is C15H10ClIN2O. The molecule has 2 N–H and O–H groups in total. The molecule has 1 aromatic heterocycles. The summed E-state index contributed by atoms with van der Waals surface area (Å²) < 4.78 is 0.926. The predicted octanol–water partition coefficient (Wildman–Crippen LogP) is 4.68. The number of carbonyl (C=O) groups excluding carboxylic acids is 1. The molecule has 1 heterocycles. The van der Waals surface area contributed by atoms with Crippen molar-refractivity contribution in [3.8, 4) is 0 Å². The summed E-state index contributed by atoms with van der Waals surface area (Å²) in [6.07, 6.45) is 1.87. The molecule has 0 aliphatic carbocycles. The van der Waals surface area contributed by atoms with Gasteiger partial charge in [0.15, 0.2) is 0 Å². The van der Waals surface area contributed by atoms with E-state index >= 15 is 0 Å². The average Bonchev–Trinajstić information content (AvgIpc) is 2.89. The molecular weight excluding hydrogens is 387 g/mol. The van der Waals surface area contributed by atoms with Gasteiger partial charge in [0.1, 0.15) is 0 Å². The number of hydrogen-bond donors (Lipinski definition) is 2. The van der Waals surface area contributed by atoms with Crippen molar-refractivity contribution in [1.82, 2.24) is 4.98 Å². The molecule has 0 bridgehead atoms. The number of H-pyrrole nitrogens is 1. The zero-order chi connectivity index (χ0) is 14.1. The van der Waals surface area contributed by atoms with E-state index in [4.69, 9.17) is 11.6 Å². The molecule has 0 atom stereocenters. The first-order chi connectivity index (χ1) is 9.63. The van der Waals surface area contributed by atoms with Gasteiger partial charge in [-0.2, -0.15) is 0 Å². The maximum atomic E-state index is 12.2. The van der Waals surface area contributed by atoms with Crippen LogP contribution in [0.15, 0.2) is 48.7 Å². The Morgan fingerprint density at radius 2 is 2.00 bits per heavy atom. The summed E-state index contributed by atoms with van der Waals surface area (Å²) in [6, 6.07) is 13.0. The van der Waals surface area contributed by atoms with Crippen LogP contribution >= 0.6 is 34.2 Å². The van der Waals surface area contributed by atoms with Gasteiger partial charge in [-0.1, -0.05) is 11.6 Å². The topological polar surface area (TPSA) is 44.9 Å². The highest BCUT2D eigenvalue weighted by molar-refractivity contribution is 14.1. The maximum absolute atomic E-state index is 12.2. The summed E-state index contributed by atoms with van der Waals surface area (Å²) in [5, 5.41) is 4.51. The number of rotatable bonds is 2. The standard InChI is InChI=1S/C15H10ClIN2O/c16-12-8-10(1-3-13(12)17)15(20)19-11-2-4-14-9(7-11)5-6-18-14/h1-8,18H,(H,19,20). The van der Waals surface area contributed by atoms with E-state index in [1.807, 2.05) is 36.5 Å². The highest BCUT2D eigenvalue weighted by Crippen LogP contribution is 2.21. The molecule has 20 heavy (non-hydrogen) atoms. The van der Waals surface area contributed by atoms with Crippen molar-refractivity contribution in [2.45, 2.75) is 0 Å². The molecule has 0 saturated carbocycles. The van der Waals surface area contributed by atoms with Crippen LogP contribution in [0.25, 0.3) is 10.9 Å². The molecule has 0 spiro atoms. The number of aromatic amines is 1. The van der Waals surface area contributed by atoms with Gasteiger partial charge in [0.25, 0.3) is 5.91 Å². The Morgan fingerprint density at radius 3 is 2.80 bits per heavy atom. The normalized spacial score (nSPS) is 10.7. The highest BCUT2D eigenvalue weighted by atomic mass is 127. The minimum Gasteiger partial charge on any atom is -0.361 e. The van der Waals surface area contributed by atoms with E-state index in [0.29, 0.717) is 10.6 Å². The lowest BCUT2D eigenvalue weighted by molar-refractivity contribution is 0.102. The lowest BCUT2D eigenvalue weighted by Gasteiger charge is -2.06. The largest absolute Gasteiger partial charge is 0.361 e. The molecule has 0 saturated heterocycles. The Hall–Kier alpha value is -1.53. The zero-order valence-corrected chi connectivity index (χ0v) is 13.2. The van der Waals surface area contributed by atoms with Crippen LogP contribution in [0.3, 0.4) is 0 Å². The van der Waals surface area contributed by atoms with Crippen LogP contribution in [-0.4, -0.2) is 10.9 Å². The Morgan fingerprint density at radius 1 is 1.15 bits per heavy atom. The summed E-state index contributed by atoms with van der Waals surface area (Å²) in [5.41, 5.74) is 2.35. The van der Waals surface area contributed by atoms with E-state index in [0.717, 1.165) is 20.2 Å². The Labute approximate surface area is 134 Å². The number of carbonyl (C=O) groups is 1. The number of halogens is 2. The second-order valence-corrected chi connectivity index (χ2v) is 5.93. The Balaban J connectivity index is 1.85. The molecule has 3 nitrogen and oxygen atoms in total. The van der Waals surface area contributed by atoms with Crippen molar-refractivity contribution in [3.63, 3.8) is 0 Å². The van der Waals surface area contributed by atoms with Gasteiger partial charge >= 0.3 is 0 Å². The molecule has 5 heteroatoms. The van der Waals surface area contributed by atoms with Gasteiger partial charge in [-0.25, -0.2) is 0 Å². The second kappa shape index (κ2) is 5.46. The van der Waals surface area contributed by atoms with E-state index < -0.39 is 0 Å². The molecule has 0 aliphatic rings. The number of anilines is 1. The van der Waals surface area contributed by atoms with Crippen molar-refractivity contribution in [2.75, 3.05) is 5.32 Å². The summed E-state index contributed by atoms with van der Waals surface area (Å²) in [4.78, 5) is 15.3.